The molecule has 2 aliphatic heterocycles. The molecule has 5 heteroatoms. The monoisotopic (exact) mass is 509 g/mol. The van der Waals surface area contributed by atoms with E-state index < -0.39 is 0 Å². The summed E-state index contributed by atoms with van der Waals surface area (Å²) < 4.78 is 5.66. The number of anilines is 2. The zero-order valence-electron chi connectivity index (χ0n) is 23.8. The maximum Gasteiger partial charge on any atom is 0.224 e. The maximum absolute atomic E-state index is 13.6. The van der Waals surface area contributed by atoms with Crippen LogP contribution in [0.15, 0.2) is 18.2 Å². The average Bonchev–Trinajstić information content (AvgIpc) is 3.54. The van der Waals surface area contributed by atoms with E-state index in [2.05, 4.69) is 53.8 Å². The second-order valence-corrected chi connectivity index (χ2v) is 12.4. The predicted octanol–water partition coefficient (Wildman–Crippen LogP) is 6.64. The summed E-state index contributed by atoms with van der Waals surface area (Å²) in [7, 11) is 2.29. The Morgan fingerprint density at radius 3 is 2.43 bits per heavy atom. The van der Waals surface area contributed by atoms with E-state index in [0.29, 0.717) is 36.4 Å². The highest BCUT2D eigenvalue weighted by molar-refractivity contribution is 5.81. The molecule has 0 N–H and O–H groups in total. The highest BCUT2D eigenvalue weighted by Crippen LogP contribution is 2.46. The second-order valence-electron chi connectivity index (χ2n) is 12.4. The molecule has 2 aliphatic carbocycles. The Morgan fingerprint density at radius 2 is 1.76 bits per heavy atom. The van der Waals surface area contributed by atoms with Gasteiger partial charge in [-0.3, -0.25) is 4.79 Å². The van der Waals surface area contributed by atoms with E-state index in [9.17, 15) is 4.79 Å². The summed E-state index contributed by atoms with van der Waals surface area (Å²) in [5.74, 6) is 2.57. The molecule has 2 atom stereocenters. The van der Waals surface area contributed by atoms with Gasteiger partial charge in [-0.25, -0.2) is 0 Å². The molecule has 0 bridgehead atoms. The summed E-state index contributed by atoms with van der Waals surface area (Å²) in [4.78, 5) is 20.9. The zero-order chi connectivity index (χ0) is 25.8. The Morgan fingerprint density at radius 1 is 0.973 bits per heavy atom. The molecule has 0 radical (unpaired) electrons. The molecule has 1 aromatic carbocycles. The third-order valence-electron chi connectivity index (χ3n) is 10.1. The van der Waals surface area contributed by atoms with Gasteiger partial charge < -0.3 is 19.4 Å². The number of ether oxygens (including phenoxy) is 1. The number of benzene rings is 1. The van der Waals surface area contributed by atoms with Crippen LogP contribution in [0.25, 0.3) is 0 Å². The standard InChI is InChI=1S/C32H51N3O2/c1-4-24-11-14-27(15-12-24)32-33(3)29-16-13-25(21-26-18-20-37-23-26)22-30(29)35(32)19-17-31(36)34(5-2)28-9-7-6-8-10-28/h13,16,22,24,26-28,32H,4-12,14-15,17-21,23H2,1-3H3/t24?,26-,27?,32?/m1/s1. The van der Waals surface area contributed by atoms with Gasteiger partial charge in [-0.2, -0.15) is 0 Å². The van der Waals surface area contributed by atoms with Crippen LogP contribution in [0, 0.1) is 17.8 Å². The normalized spacial score (nSPS) is 28.5. The smallest absolute Gasteiger partial charge is 0.224 e. The largest absolute Gasteiger partial charge is 0.381 e. The average molecular weight is 510 g/mol. The molecule has 37 heavy (non-hydrogen) atoms. The summed E-state index contributed by atoms with van der Waals surface area (Å²) in [5.41, 5.74) is 4.13. The Bertz CT molecular complexity index is 884. The molecular formula is C32H51N3O2. The van der Waals surface area contributed by atoms with Gasteiger partial charge in [-0.05, 0) is 80.9 Å². The first-order valence-electron chi connectivity index (χ1n) is 15.6. The molecule has 206 valence electrons. The van der Waals surface area contributed by atoms with Crippen molar-refractivity contribution >= 4 is 17.3 Å². The van der Waals surface area contributed by atoms with Gasteiger partial charge in [-0.15, -0.1) is 0 Å². The third kappa shape index (κ3) is 5.97. The molecular weight excluding hydrogens is 458 g/mol. The van der Waals surface area contributed by atoms with E-state index in [4.69, 9.17) is 4.74 Å². The van der Waals surface area contributed by atoms with E-state index in [1.54, 1.807) is 0 Å². The number of amides is 1. The molecule has 2 heterocycles. The molecule has 1 amide bonds. The van der Waals surface area contributed by atoms with Crippen molar-refractivity contribution in [2.75, 3.05) is 43.2 Å². The molecule has 0 aromatic heterocycles. The lowest BCUT2D eigenvalue weighted by atomic mass is 9.79. The van der Waals surface area contributed by atoms with Crippen LogP contribution in [0.3, 0.4) is 0 Å². The number of carbonyl (C=O) groups is 1. The van der Waals surface area contributed by atoms with Crippen LogP contribution >= 0.6 is 0 Å². The van der Waals surface area contributed by atoms with Gasteiger partial charge in [-0.1, -0.05) is 51.5 Å². The van der Waals surface area contributed by atoms with Crippen LogP contribution in [0.1, 0.15) is 96.5 Å². The van der Waals surface area contributed by atoms with Crippen LogP contribution in [0.2, 0.25) is 0 Å². The molecule has 1 aromatic rings. The first-order chi connectivity index (χ1) is 18.1. The zero-order valence-corrected chi connectivity index (χ0v) is 23.8. The van der Waals surface area contributed by atoms with E-state index in [1.165, 1.54) is 87.6 Å². The predicted molar refractivity (Wildman–Crippen MR) is 153 cm³/mol. The van der Waals surface area contributed by atoms with Crippen molar-refractivity contribution in [3.63, 3.8) is 0 Å². The third-order valence-corrected chi connectivity index (χ3v) is 10.1. The molecule has 5 rings (SSSR count). The Labute approximate surface area is 225 Å². The lowest BCUT2D eigenvalue weighted by Gasteiger charge is -2.41. The highest BCUT2D eigenvalue weighted by Gasteiger charge is 2.40. The van der Waals surface area contributed by atoms with Gasteiger partial charge >= 0.3 is 0 Å². The number of carbonyl (C=O) groups excluding carboxylic acids is 1. The number of hydrogen-bond acceptors (Lipinski definition) is 4. The summed E-state index contributed by atoms with van der Waals surface area (Å²) >= 11 is 0. The summed E-state index contributed by atoms with van der Waals surface area (Å²) in [6, 6.07) is 7.60. The highest BCUT2D eigenvalue weighted by atomic mass is 16.5. The summed E-state index contributed by atoms with van der Waals surface area (Å²) in [6.45, 7) is 7.99. The van der Waals surface area contributed by atoms with Crippen molar-refractivity contribution in [1.82, 2.24) is 4.90 Å². The van der Waals surface area contributed by atoms with Crippen molar-refractivity contribution in [3.8, 4) is 0 Å². The Kier molecular flexibility index (Phi) is 9.00. The van der Waals surface area contributed by atoms with Gasteiger partial charge in [0.25, 0.3) is 0 Å². The van der Waals surface area contributed by atoms with Crippen molar-refractivity contribution in [2.24, 2.45) is 17.8 Å². The van der Waals surface area contributed by atoms with Gasteiger partial charge in [0.15, 0.2) is 0 Å². The Balaban J connectivity index is 1.34. The summed E-state index contributed by atoms with van der Waals surface area (Å²) in [6.07, 6.45) is 16.2. The van der Waals surface area contributed by atoms with E-state index >= 15 is 0 Å². The Hall–Kier alpha value is -1.75. The topological polar surface area (TPSA) is 36.0 Å². The number of hydrogen-bond donors (Lipinski definition) is 0. The van der Waals surface area contributed by atoms with Gasteiger partial charge in [0.1, 0.15) is 6.17 Å². The minimum absolute atomic E-state index is 0.359. The second kappa shape index (κ2) is 12.4. The summed E-state index contributed by atoms with van der Waals surface area (Å²) in [5, 5.41) is 0. The first kappa shape index (κ1) is 26.8. The molecule has 1 saturated heterocycles. The van der Waals surface area contributed by atoms with Crippen LogP contribution in [-0.2, 0) is 16.0 Å². The molecule has 1 unspecified atom stereocenters. The van der Waals surface area contributed by atoms with Crippen molar-refractivity contribution in [3.05, 3.63) is 23.8 Å². The molecule has 2 saturated carbocycles. The molecule has 5 nitrogen and oxygen atoms in total. The van der Waals surface area contributed by atoms with Gasteiger partial charge in [0.05, 0.1) is 11.4 Å². The molecule has 4 aliphatic rings. The molecule has 3 fully saturated rings. The fourth-order valence-electron chi connectivity index (χ4n) is 7.90. The minimum Gasteiger partial charge on any atom is -0.381 e. The van der Waals surface area contributed by atoms with Crippen LogP contribution in [-0.4, -0.2) is 56.4 Å². The van der Waals surface area contributed by atoms with Crippen LogP contribution in [0.4, 0.5) is 11.4 Å². The number of nitrogens with zero attached hydrogens (tertiary/aromatic N) is 3. The van der Waals surface area contributed by atoms with Crippen molar-refractivity contribution < 1.29 is 9.53 Å². The maximum atomic E-state index is 13.6. The first-order valence-corrected chi connectivity index (χ1v) is 15.6. The van der Waals surface area contributed by atoms with Gasteiger partial charge in [0.2, 0.25) is 5.91 Å². The van der Waals surface area contributed by atoms with E-state index in [0.717, 1.165) is 38.6 Å². The van der Waals surface area contributed by atoms with Crippen LogP contribution in [0.5, 0.6) is 0 Å². The number of fused-ring (bicyclic) bond motifs is 1. The lowest BCUT2D eigenvalue weighted by molar-refractivity contribution is -0.133. The lowest BCUT2D eigenvalue weighted by Crippen LogP contribution is -2.49. The minimum atomic E-state index is 0.359. The van der Waals surface area contributed by atoms with Crippen molar-refractivity contribution in [1.29, 1.82) is 0 Å². The molecule has 0 spiro atoms. The fourth-order valence-corrected chi connectivity index (χ4v) is 7.90. The van der Waals surface area contributed by atoms with Crippen LogP contribution < -0.4 is 9.80 Å². The van der Waals surface area contributed by atoms with E-state index in [1.807, 2.05) is 0 Å². The van der Waals surface area contributed by atoms with Gasteiger partial charge in [0, 0.05) is 45.8 Å². The quantitative estimate of drug-likeness (QED) is 0.374. The number of rotatable bonds is 9. The van der Waals surface area contributed by atoms with E-state index in [-0.39, 0.29) is 0 Å². The SMILES string of the molecule is CCC1CCC(C2N(C)c3ccc(C[C@H]4CCOC4)cc3N2CCC(=O)N(CC)C2CCCCC2)CC1. The fraction of sp³-hybridized carbons (Fsp3) is 0.781. The van der Waals surface area contributed by atoms with Crippen molar-refractivity contribution in [2.45, 2.75) is 110 Å².